The summed E-state index contributed by atoms with van der Waals surface area (Å²) in [5.74, 6) is 0. The predicted octanol–water partition coefficient (Wildman–Crippen LogP) is 4.57. The van der Waals surface area contributed by atoms with Gasteiger partial charge in [0.05, 0.1) is 22.3 Å². The van der Waals surface area contributed by atoms with Crippen LogP contribution in [0.15, 0.2) is 24.4 Å². The van der Waals surface area contributed by atoms with Crippen molar-refractivity contribution in [3.05, 3.63) is 35.0 Å². The zero-order valence-corrected chi connectivity index (χ0v) is 13.3. The molecule has 1 aliphatic rings. The van der Waals surface area contributed by atoms with Gasteiger partial charge in [-0.2, -0.15) is 0 Å². The number of hydrogen-bond acceptors (Lipinski definition) is 3. The molecule has 0 amide bonds. The predicted molar refractivity (Wildman–Crippen MR) is 88.2 cm³/mol. The summed E-state index contributed by atoms with van der Waals surface area (Å²) in [6.07, 6.45) is 5.28. The van der Waals surface area contributed by atoms with Crippen LogP contribution in [0.1, 0.15) is 31.7 Å². The molecule has 0 spiro atoms. The minimum Gasteiger partial charge on any atom is -0.380 e. The first-order valence-electron chi connectivity index (χ1n) is 7.61. The summed E-state index contributed by atoms with van der Waals surface area (Å²) in [6.45, 7) is 5.04. The van der Waals surface area contributed by atoms with E-state index in [1.54, 1.807) is 0 Å². The second kappa shape index (κ2) is 6.20. The van der Waals surface area contributed by atoms with Crippen LogP contribution in [0.3, 0.4) is 0 Å². The van der Waals surface area contributed by atoms with Gasteiger partial charge in [-0.15, -0.1) is 0 Å². The lowest BCUT2D eigenvalue weighted by Crippen LogP contribution is -2.33. The average molecular weight is 305 g/mol. The highest BCUT2D eigenvalue weighted by atomic mass is 35.5. The largest absolute Gasteiger partial charge is 0.380 e. The lowest BCUT2D eigenvalue weighted by molar-refractivity contribution is 0.00927. The van der Waals surface area contributed by atoms with E-state index in [0.29, 0.717) is 12.1 Å². The maximum absolute atomic E-state index is 6.48. The number of benzene rings is 1. The number of nitrogens with zero attached hydrogens (tertiary/aromatic N) is 1. The molecule has 3 nitrogen and oxygen atoms in total. The Morgan fingerprint density at radius 1 is 1.48 bits per heavy atom. The number of aromatic nitrogens is 1. The molecule has 1 N–H and O–H groups in total. The van der Waals surface area contributed by atoms with E-state index in [0.717, 1.165) is 53.0 Å². The van der Waals surface area contributed by atoms with E-state index in [1.165, 1.54) is 0 Å². The van der Waals surface area contributed by atoms with E-state index < -0.39 is 0 Å². The summed E-state index contributed by atoms with van der Waals surface area (Å²) in [4.78, 5) is 4.48. The molecular weight excluding hydrogens is 284 g/mol. The second-order valence-electron chi connectivity index (χ2n) is 5.72. The summed E-state index contributed by atoms with van der Waals surface area (Å²) in [5.41, 5.74) is 3.13. The molecule has 1 aromatic carbocycles. The van der Waals surface area contributed by atoms with Gasteiger partial charge in [-0.1, -0.05) is 18.5 Å². The van der Waals surface area contributed by atoms with Gasteiger partial charge in [-0.05, 0) is 49.9 Å². The Morgan fingerprint density at radius 3 is 3.14 bits per heavy atom. The molecule has 2 heterocycles. The van der Waals surface area contributed by atoms with Gasteiger partial charge in [0.2, 0.25) is 0 Å². The fourth-order valence-corrected chi connectivity index (χ4v) is 3.35. The Balaban J connectivity index is 1.93. The van der Waals surface area contributed by atoms with E-state index in [4.69, 9.17) is 16.3 Å². The number of ether oxygens (including phenoxy) is 1. The summed E-state index contributed by atoms with van der Waals surface area (Å²) in [7, 11) is 0. The minimum atomic E-state index is 0.352. The molecule has 0 bridgehead atoms. The number of fused-ring (bicyclic) bond motifs is 1. The van der Waals surface area contributed by atoms with Gasteiger partial charge in [-0.25, -0.2) is 0 Å². The smallest absolute Gasteiger partial charge is 0.0752 e. The van der Waals surface area contributed by atoms with Gasteiger partial charge in [0.1, 0.15) is 0 Å². The third kappa shape index (κ3) is 2.99. The Morgan fingerprint density at radius 2 is 2.33 bits per heavy atom. The van der Waals surface area contributed by atoms with E-state index in [2.05, 4.69) is 23.3 Å². The first kappa shape index (κ1) is 14.6. The van der Waals surface area contributed by atoms with Crippen LogP contribution < -0.4 is 5.32 Å². The van der Waals surface area contributed by atoms with Crippen LogP contribution in [0, 0.1) is 6.92 Å². The molecule has 3 rings (SSSR count). The Labute approximate surface area is 130 Å². The highest BCUT2D eigenvalue weighted by molar-refractivity contribution is 6.35. The number of hydrogen-bond donors (Lipinski definition) is 1. The van der Waals surface area contributed by atoms with Crippen molar-refractivity contribution in [2.24, 2.45) is 0 Å². The number of nitrogens with one attached hydrogen (secondary N) is 1. The molecule has 0 saturated carbocycles. The van der Waals surface area contributed by atoms with Crippen molar-refractivity contribution in [1.82, 2.24) is 4.98 Å². The van der Waals surface area contributed by atoms with Crippen molar-refractivity contribution in [2.75, 3.05) is 11.9 Å². The third-order valence-electron chi connectivity index (χ3n) is 4.20. The van der Waals surface area contributed by atoms with Crippen LogP contribution >= 0.6 is 11.6 Å². The Hall–Kier alpha value is -1.32. The standard InChI is InChI=1S/C17H21ClN2O/c1-3-13-10-12(6-8-21-13)20-17-14-5-4-7-19-16(14)11(2)9-15(17)18/h4-5,7,9,12-13,20H,3,6,8,10H2,1-2H3. The van der Waals surface area contributed by atoms with E-state index in [9.17, 15) is 0 Å². The summed E-state index contributed by atoms with van der Waals surface area (Å²) in [5, 5.41) is 5.50. The number of aryl methyl sites for hydroxylation is 1. The van der Waals surface area contributed by atoms with Gasteiger partial charge >= 0.3 is 0 Å². The van der Waals surface area contributed by atoms with Gasteiger partial charge in [-0.3, -0.25) is 4.98 Å². The van der Waals surface area contributed by atoms with Gasteiger partial charge in [0, 0.05) is 24.2 Å². The maximum Gasteiger partial charge on any atom is 0.0752 e. The van der Waals surface area contributed by atoms with Crippen LogP contribution in [-0.4, -0.2) is 23.7 Å². The SMILES string of the molecule is CCC1CC(Nc2c(Cl)cc(C)c3ncccc23)CCO1. The zero-order valence-electron chi connectivity index (χ0n) is 12.5. The summed E-state index contributed by atoms with van der Waals surface area (Å²) >= 11 is 6.48. The molecule has 0 radical (unpaired) electrons. The molecule has 1 aromatic heterocycles. The average Bonchev–Trinajstić information content (AvgIpc) is 2.51. The van der Waals surface area contributed by atoms with Crippen LogP contribution in [-0.2, 0) is 4.74 Å². The van der Waals surface area contributed by atoms with Gasteiger partial charge < -0.3 is 10.1 Å². The highest BCUT2D eigenvalue weighted by Crippen LogP contribution is 2.34. The van der Waals surface area contributed by atoms with Crippen molar-refractivity contribution in [3.63, 3.8) is 0 Å². The lowest BCUT2D eigenvalue weighted by Gasteiger charge is -2.31. The van der Waals surface area contributed by atoms with Crippen molar-refractivity contribution in [3.8, 4) is 0 Å². The van der Waals surface area contributed by atoms with Crippen molar-refractivity contribution in [1.29, 1.82) is 0 Å². The van der Waals surface area contributed by atoms with Crippen molar-refractivity contribution >= 4 is 28.2 Å². The topological polar surface area (TPSA) is 34.2 Å². The van der Waals surface area contributed by atoms with Crippen molar-refractivity contribution in [2.45, 2.75) is 45.3 Å². The molecule has 112 valence electrons. The number of rotatable bonds is 3. The van der Waals surface area contributed by atoms with E-state index in [-0.39, 0.29) is 0 Å². The second-order valence-corrected chi connectivity index (χ2v) is 6.12. The number of halogens is 1. The molecule has 21 heavy (non-hydrogen) atoms. The molecule has 1 saturated heterocycles. The van der Waals surface area contributed by atoms with E-state index >= 15 is 0 Å². The molecule has 0 aliphatic carbocycles. The third-order valence-corrected chi connectivity index (χ3v) is 4.50. The Kier molecular flexibility index (Phi) is 4.32. The van der Waals surface area contributed by atoms with Crippen LogP contribution in [0.5, 0.6) is 0 Å². The first-order chi connectivity index (χ1) is 10.2. The fourth-order valence-electron chi connectivity index (χ4n) is 3.03. The summed E-state index contributed by atoms with van der Waals surface area (Å²) in [6, 6.07) is 6.45. The van der Waals surface area contributed by atoms with Crippen molar-refractivity contribution < 1.29 is 4.74 Å². The first-order valence-corrected chi connectivity index (χ1v) is 7.98. The van der Waals surface area contributed by atoms with Gasteiger partial charge in [0.25, 0.3) is 0 Å². The molecular formula is C17H21ClN2O. The van der Waals surface area contributed by atoms with Gasteiger partial charge in [0.15, 0.2) is 0 Å². The molecule has 2 unspecified atom stereocenters. The van der Waals surface area contributed by atoms with Crippen LogP contribution in [0.2, 0.25) is 5.02 Å². The molecule has 2 atom stereocenters. The highest BCUT2D eigenvalue weighted by Gasteiger charge is 2.22. The molecule has 4 heteroatoms. The number of anilines is 1. The molecule has 1 aliphatic heterocycles. The quantitative estimate of drug-likeness (QED) is 0.902. The summed E-state index contributed by atoms with van der Waals surface area (Å²) < 4.78 is 5.75. The normalized spacial score (nSPS) is 22.4. The number of pyridine rings is 1. The fraction of sp³-hybridized carbons (Fsp3) is 0.471. The minimum absolute atomic E-state index is 0.352. The Bertz CT molecular complexity index is 644. The monoisotopic (exact) mass is 304 g/mol. The maximum atomic E-state index is 6.48. The van der Waals surface area contributed by atoms with E-state index in [1.807, 2.05) is 25.3 Å². The zero-order chi connectivity index (χ0) is 14.8. The van der Waals surface area contributed by atoms with Crippen LogP contribution in [0.4, 0.5) is 5.69 Å². The lowest BCUT2D eigenvalue weighted by atomic mass is 10.0. The molecule has 1 fully saturated rings. The van der Waals surface area contributed by atoms with Crippen LogP contribution in [0.25, 0.3) is 10.9 Å². The molecule has 2 aromatic rings.